The maximum Gasteiger partial charge on any atom is 0.274 e. The van der Waals surface area contributed by atoms with Crippen molar-refractivity contribution in [3.05, 3.63) is 24.4 Å². The number of nitrogens with one attached hydrogen (secondary N) is 1. The van der Waals surface area contributed by atoms with Crippen molar-refractivity contribution in [3.63, 3.8) is 0 Å². The van der Waals surface area contributed by atoms with Crippen molar-refractivity contribution in [1.82, 2.24) is 0 Å². The molecule has 0 spiro atoms. The third kappa shape index (κ3) is 5.65. The second kappa shape index (κ2) is 5.02. The first-order valence-corrected chi connectivity index (χ1v) is 5.84. The van der Waals surface area contributed by atoms with Crippen molar-refractivity contribution in [2.45, 2.75) is 45.4 Å². The fourth-order valence-corrected chi connectivity index (χ4v) is 1.50. The van der Waals surface area contributed by atoms with E-state index < -0.39 is 11.2 Å². The normalized spacial score (nSPS) is 12.6. The van der Waals surface area contributed by atoms with Gasteiger partial charge in [-0.15, -0.1) is 0 Å². The Bertz CT molecular complexity index is 364. The average Bonchev–Trinajstić information content (AvgIpc) is 2.12. The predicted molar refractivity (Wildman–Crippen MR) is 67.7 cm³/mol. The molecule has 0 fully saturated rings. The average molecular weight is 239 g/mol. The molecule has 96 valence electrons. The van der Waals surface area contributed by atoms with E-state index in [1.165, 1.54) is 0 Å². The van der Waals surface area contributed by atoms with Crippen LogP contribution >= 0.6 is 0 Å². The zero-order valence-corrected chi connectivity index (χ0v) is 11.1. The number of anilines is 1. The van der Waals surface area contributed by atoms with Gasteiger partial charge < -0.3 is 10.2 Å². The van der Waals surface area contributed by atoms with E-state index in [4.69, 9.17) is 0 Å². The van der Waals surface area contributed by atoms with Gasteiger partial charge in [-0.05, 0) is 33.8 Å². The number of hydrogen-bond acceptors (Lipinski definition) is 3. The second-order valence-corrected chi connectivity index (χ2v) is 5.69. The number of nitrogens with zero attached hydrogens (tertiary/aromatic N) is 1. The predicted octanol–water partition coefficient (Wildman–Crippen LogP) is 0.928. The first kappa shape index (κ1) is 13.9. The van der Waals surface area contributed by atoms with Gasteiger partial charge in [0.05, 0.1) is 17.4 Å². The summed E-state index contributed by atoms with van der Waals surface area (Å²) in [6.07, 6.45) is 1.91. The first-order valence-electron chi connectivity index (χ1n) is 5.84. The molecule has 1 rings (SSSR count). The van der Waals surface area contributed by atoms with Gasteiger partial charge in [0.15, 0.2) is 0 Å². The van der Waals surface area contributed by atoms with E-state index >= 15 is 0 Å². The molecule has 0 amide bonds. The van der Waals surface area contributed by atoms with Crippen LogP contribution in [0.3, 0.4) is 0 Å². The van der Waals surface area contributed by atoms with Crippen LogP contribution < -0.4 is 9.88 Å². The zero-order chi connectivity index (χ0) is 13.1. The highest BCUT2D eigenvalue weighted by Gasteiger charge is 2.21. The highest BCUT2D eigenvalue weighted by molar-refractivity contribution is 5.27. The van der Waals surface area contributed by atoms with Gasteiger partial charge >= 0.3 is 0 Å². The summed E-state index contributed by atoms with van der Waals surface area (Å²) in [5, 5.41) is 22.7. The van der Waals surface area contributed by atoms with Crippen molar-refractivity contribution >= 4 is 5.82 Å². The fraction of sp³-hybridized carbons (Fsp3) is 0.615. The largest absolute Gasteiger partial charge is 0.386 e. The molecule has 0 unspecified atom stereocenters. The van der Waals surface area contributed by atoms with Gasteiger partial charge in [-0.2, -0.15) is 0 Å². The standard InChI is InChI=1S/C13H22N2O2/c1-12(2,16)9-14-11-7-5-6-8-15(11)10-13(3,4)17/h5-8,16-17H,9-10H2,1-4H3/p+1. The molecule has 0 radical (unpaired) electrons. The summed E-state index contributed by atoms with van der Waals surface area (Å²) < 4.78 is 1.94. The van der Waals surface area contributed by atoms with E-state index in [-0.39, 0.29) is 0 Å². The lowest BCUT2D eigenvalue weighted by atomic mass is 10.1. The topological polar surface area (TPSA) is 56.4 Å². The van der Waals surface area contributed by atoms with Crippen LogP contribution in [0, 0.1) is 0 Å². The summed E-state index contributed by atoms with van der Waals surface area (Å²) >= 11 is 0. The Morgan fingerprint density at radius 3 is 2.29 bits per heavy atom. The van der Waals surface area contributed by atoms with Crippen molar-refractivity contribution in [2.75, 3.05) is 11.9 Å². The minimum atomic E-state index is -0.767. The van der Waals surface area contributed by atoms with Crippen molar-refractivity contribution in [3.8, 4) is 0 Å². The van der Waals surface area contributed by atoms with Gasteiger partial charge in [-0.25, -0.2) is 4.57 Å². The SMILES string of the molecule is CC(C)(O)CNc1cccc[n+]1CC(C)(C)O. The van der Waals surface area contributed by atoms with Crippen LogP contribution in [0.4, 0.5) is 5.82 Å². The maximum absolute atomic E-state index is 9.83. The molecule has 17 heavy (non-hydrogen) atoms. The van der Waals surface area contributed by atoms with Gasteiger partial charge in [0.2, 0.25) is 0 Å². The smallest absolute Gasteiger partial charge is 0.274 e. The Hall–Kier alpha value is -1.13. The highest BCUT2D eigenvalue weighted by atomic mass is 16.3. The summed E-state index contributed by atoms with van der Waals surface area (Å²) in [5.41, 5.74) is -1.53. The number of hydrogen-bond donors (Lipinski definition) is 3. The Labute approximate surface area is 103 Å². The molecular formula is C13H23N2O2+. The molecule has 4 nitrogen and oxygen atoms in total. The number of rotatable bonds is 5. The third-order valence-electron chi connectivity index (χ3n) is 2.20. The van der Waals surface area contributed by atoms with E-state index in [0.717, 1.165) is 5.82 Å². The summed E-state index contributed by atoms with van der Waals surface area (Å²) in [6.45, 7) is 8.01. The number of aliphatic hydroxyl groups is 2. The molecule has 0 aromatic carbocycles. The molecular weight excluding hydrogens is 216 g/mol. The van der Waals surface area contributed by atoms with Crippen LogP contribution in [-0.2, 0) is 6.54 Å². The first-order chi connectivity index (χ1) is 7.67. The van der Waals surface area contributed by atoms with Crippen LogP contribution in [0.2, 0.25) is 0 Å². The molecule has 0 bridgehead atoms. The molecule has 0 atom stereocenters. The lowest BCUT2D eigenvalue weighted by Crippen LogP contribution is -2.47. The van der Waals surface area contributed by atoms with Crippen LogP contribution in [0.15, 0.2) is 24.4 Å². The van der Waals surface area contributed by atoms with Gasteiger partial charge in [0.25, 0.3) is 5.82 Å². The number of aromatic nitrogens is 1. The maximum atomic E-state index is 9.83. The minimum Gasteiger partial charge on any atom is -0.386 e. The number of pyridine rings is 1. The Balaban J connectivity index is 2.78. The lowest BCUT2D eigenvalue weighted by Gasteiger charge is -2.19. The molecule has 1 aromatic heterocycles. The zero-order valence-electron chi connectivity index (χ0n) is 11.1. The van der Waals surface area contributed by atoms with E-state index in [1.54, 1.807) is 27.7 Å². The molecule has 1 heterocycles. The van der Waals surface area contributed by atoms with Crippen LogP contribution in [0.5, 0.6) is 0 Å². The highest BCUT2D eigenvalue weighted by Crippen LogP contribution is 2.07. The van der Waals surface area contributed by atoms with E-state index in [1.807, 2.05) is 29.0 Å². The molecule has 0 aliphatic carbocycles. The molecule has 3 N–H and O–H groups in total. The lowest BCUT2D eigenvalue weighted by molar-refractivity contribution is -0.695. The van der Waals surface area contributed by atoms with Gasteiger partial charge in [-0.1, -0.05) is 6.07 Å². The molecule has 0 saturated heterocycles. The van der Waals surface area contributed by atoms with E-state index in [0.29, 0.717) is 13.1 Å². The van der Waals surface area contributed by atoms with Crippen LogP contribution in [0.1, 0.15) is 27.7 Å². The van der Waals surface area contributed by atoms with Crippen molar-refractivity contribution in [1.29, 1.82) is 0 Å². The van der Waals surface area contributed by atoms with E-state index in [2.05, 4.69) is 5.32 Å². The van der Waals surface area contributed by atoms with Gasteiger partial charge in [0.1, 0.15) is 13.1 Å². The Morgan fingerprint density at radius 1 is 1.12 bits per heavy atom. The molecule has 0 aliphatic rings. The Kier molecular flexibility index (Phi) is 4.11. The van der Waals surface area contributed by atoms with Crippen molar-refractivity contribution in [2.24, 2.45) is 0 Å². The monoisotopic (exact) mass is 239 g/mol. The summed E-state index contributed by atoms with van der Waals surface area (Å²) in [6, 6.07) is 5.77. The summed E-state index contributed by atoms with van der Waals surface area (Å²) in [5.74, 6) is 0.886. The van der Waals surface area contributed by atoms with Crippen LogP contribution in [0.25, 0.3) is 0 Å². The van der Waals surface area contributed by atoms with Gasteiger partial charge in [0, 0.05) is 6.07 Å². The quantitative estimate of drug-likeness (QED) is 0.670. The Morgan fingerprint density at radius 2 is 1.76 bits per heavy atom. The molecule has 4 heteroatoms. The van der Waals surface area contributed by atoms with Crippen LogP contribution in [-0.4, -0.2) is 28.0 Å². The minimum absolute atomic E-state index is 0.461. The summed E-state index contributed by atoms with van der Waals surface area (Å²) in [4.78, 5) is 0. The third-order valence-corrected chi connectivity index (χ3v) is 2.20. The van der Waals surface area contributed by atoms with Gasteiger partial charge in [-0.3, -0.25) is 5.32 Å². The second-order valence-electron chi connectivity index (χ2n) is 5.69. The van der Waals surface area contributed by atoms with E-state index in [9.17, 15) is 10.2 Å². The molecule has 0 saturated carbocycles. The molecule has 0 aliphatic heterocycles. The van der Waals surface area contributed by atoms with Crippen molar-refractivity contribution < 1.29 is 14.8 Å². The summed E-state index contributed by atoms with van der Waals surface area (Å²) in [7, 11) is 0. The fourth-order valence-electron chi connectivity index (χ4n) is 1.50. The molecule has 1 aromatic rings.